The first-order valence-corrected chi connectivity index (χ1v) is 6.43. The molecule has 0 spiro atoms. The summed E-state index contributed by atoms with van der Waals surface area (Å²) in [5.74, 6) is 2.03. The third kappa shape index (κ3) is 2.14. The van der Waals surface area contributed by atoms with E-state index in [4.69, 9.17) is 0 Å². The van der Waals surface area contributed by atoms with Crippen molar-refractivity contribution in [3.63, 3.8) is 0 Å². The topological polar surface area (TPSA) is 29.9 Å². The molecule has 16 heavy (non-hydrogen) atoms. The van der Waals surface area contributed by atoms with Crippen LogP contribution < -0.4 is 5.32 Å². The summed E-state index contributed by atoms with van der Waals surface area (Å²) in [5, 5.41) is 3.47. The molecule has 1 saturated carbocycles. The molecular weight excluding hydrogens is 198 g/mol. The number of aromatic nitrogens is 2. The molecule has 1 fully saturated rings. The van der Waals surface area contributed by atoms with Gasteiger partial charge < -0.3 is 9.88 Å². The normalized spacial score (nSPS) is 30.6. The largest absolute Gasteiger partial charge is 0.331 e. The van der Waals surface area contributed by atoms with Crippen LogP contribution in [0.2, 0.25) is 0 Å². The van der Waals surface area contributed by atoms with E-state index in [0.717, 1.165) is 11.7 Å². The van der Waals surface area contributed by atoms with Gasteiger partial charge in [0.05, 0.1) is 6.04 Å². The van der Waals surface area contributed by atoms with E-state index in [9.17, 15) is 0 Å². The highest BCUT2D eigenvalue weighted by atomic mass is 15.1. The summed E-state index contributed by atoms with van der Waals surface area (Å²) in [6.07, 6.45) is 9.30. The van der Waals surface area contributed by atoms with E-state index < -0.39 is 0 Å². The molecular formula is C13H23N3. The van der Waals surface area contributed by atoms with Gasteiger partial charge >= 0.3 is 0 Å². The first-order chi connectivity index (χ1) is 7.76. The summed E-state index contributed by atoms with van der Waals surface area (Å²) >= 11 is 0. The summed E-state index contributed by atoms with van der Waals surface area (Å²) in [7, 11) is 2.08. The number of nitrogens with one attached hydrogen (secondary N) is 1. The van der Waals surface area contributed by atoms with Crippen LogP contribution in [-0.4, -0.2) is 22.6 Å². The van der Waals surface area contributed by atoms with Crippen molar-refractivity contribution in [2.24, 2.45) is 5.92 Å². The summed E-state index contributed by atoms with van der Waals surface area (Å²) in [6.45, 7) is 4.41. The molecule has 90 valence electrons. The fourth-order valence-electron chi connectivity index (χ4n) is 2.98. The Kier molecular flexibility index (Phi) is 3.64. The van der Waals surface area contributed by atoms with Crippen LogP contribution in [0.4, 0.5) is 0 Å². The van der Waals surface area contributed by atoms with Crippen LogP contribution in [0.5, 0.6) is 0 Å². The second-order valence-electron chi connectivity index (χ2n) is 4.93. The Balaban J connectivity index is 2.18. The Hall–Kier alpha value is -0.830. The molecule has 0 aliphatic heterocycles. The minimum absolute atomic E-state index is 0.589. The molecule has 0 radical (unpaired) electrons. The Morgan fingerprint density at radius 1 is 1.50 bits per heavy atom. The summed E-state index contributed by atoms with van der Waals surface area (Å²) in [6, 6.07) is 1.20. The predicted octanol–water partition coefficient (Wildman–Crippen LogP) is 2.53. The molecule has 3 heteroatoms. The maximum Gasteiger partial charge on any atom is 0.105 e. The Morgan fingerprint density at radius 3 is 2.88 bits per heavy atom. The number of rotatable bonds is 3. The van der Waals surface area contributed by atoms with Gasteiger partial charge in [-0.25, -0.2) is 4.98 Å². The van der Waals surface area contributed by atoms with Gasteiger partial charge in [0.25, 0.3) is 0 Å². The molecule has 3 unspecified atom stereocenters. The molecule has 2 rings (SSSR count). The van der Waals surface area contributed by atoms with Gasteiger partial charge in [-0.3, -0.25) is 0 Å². The van der Waals surface area contributed by atoms with Gasteiger partial charge in [-0.1, -0.05) is 13.3 Å². The Morgan fingerprint density at radius 2 is 2.31 bits per heavy atom. The van der Waals surface area contributed by atoms with E-state index in [2.05, 4.69) is 42.0 Å². The zero-order valence-corrected chi connectivity index (χ0v) is 10.6. The molecule has 1 aromatic rings. The van der Waals surface area contributed by atoms with Gasteiger partial charge in [0.2, 0.25) is 0 Å². The Bertz CT molecular complexity index is 332. The van der Waals surface area contributed by atoms with Crippen molar-refractivity contribution in [2.45, 2.75) is 51.6 Å². The number of hydrogen-bond acceptors (Lipinski definition) is 2. The fourth-order valence-corrected chi connectivity index (χ4v) is 2.98. The van der Waals surface area contributed by atoms with Crippen molar-refractivity contribution >= 4 is 0 Å². The Labute approximate surface area is 98.3 Å². The van der Waals surface area contributed by atoms with Crippen LogP contribution in [0.25, 0.3) is 0 Å². The lowest BCUT2D eigenvalue weighted by Crippen LogP contribution is -2.40. The third-order valence-corrected chi connectivity index (χ3v) is 4.09. The van der Waals surface area contributed by atoms with E-state index in [-0.39, 0.29) is 0 Å². The quantitative estimate of drug-likeness (QED) is 0.850. The van der Waals surface area contributed by atoms with Crippen LogP contribution in [0.3, 0.4) is 0 Å². The average molecular weight is 221 g/mol. The van der Waals surface area contributed by atoms with Crippen molar-refractivity contribution in [2.75, 3.05) is 7.05 Å². The van der Waals surface area contributed by atoms with Crippen LogP contribution in [0, 0.1) is 12.8 Å². The van der Waals surface area contributed by atoms with E-state index in [1.54, 1.807) is 0 Å². The highest BCUT2D eigenvalue weighted by Crippen LogP contribution is 2.34. The molecule has 0 aromatic carbocycles. The SMILES string of the molecule is CCC1CCC(NC)C(n2ccnc2C)C1. The standard InChI is InChI=1S/C13H23N3/c1-4-11-5-6-12(14-3)13(9-11)16-8-7-15-10(16)2/h7-8,11-14H,4-6,9H2,1-3H3. The smallest absolute Gasteiger partial charge is 0.105 e. The average Bonchev–Trinajstić information content (AvgIpc) is 2.74. The fraction of sp³-hybridized carbons (Fsp3) is 0.769. The second kappa shape index (κ2) is 5.00. The molecule has 3 nitrogen and oxygen atoms in total. The second-order valence-corrected chi connectivity index (χ2v) is 4.93. The number of imidazole rings is 1. The lowest BCUT2D eigenvalue weighted by Gasteiger charge is -2.37. The number of aryl methyl sites for hydroxylation is 1. The van der Waals surface area contributed by atoms with Crippen molar-refractivity contribution in [1.29, 1.82) is 0 Å². The van der Waals surface area contributed by atoms with Crippen molar-refractivity contribution < 1.29 is 0 Å². The molecule has 1 aliphatic rings. The molecule has 1 aliphatic carbocycles. The molecule has 3 atom stereocenters. The summed E-state index contributed by atoms with van der Waals surface area (Å²) in [5.41, 5.74) is 0. The molecule has 0 bridgehead atoms. The minimum Gasteiger partial charge on any atom is -0.331 e. The first-order valence-electron chi connectivity index (χ1n) is 6.43. The maximum atomic E-state index is 4.35. The van der Waals surface area contributed by atoms with Gasteiger partial charge in [0.1, 0.15) is 5.82 Å². The van der Waals surface area contributed by atoms with Gasteiger partial charge in [-0.05, 0) is 39.2 Å². The van der Waals surface area contributed by atoms with E-state index in [0.29, 0.717) is 12.1 Å². The minimum atomic E-state index is 0.589. The van der Waals surface area contributed by atoms with Gasteiger partial charge in [0.15, 0.2) is 0 Å². The monoisotopic (exact) mass is 221 g/mol. The summed E-state index contributed by atoms with van der Waals surface area (Å²) < 4.78 is 2.35. The van der Waals surface area contributed by atoms with Gasteiger partial charge in [-0.15, -0.1) is 0 Å². The lowest BCUT2D eigenvalue weighted by atomic mass is 9.81. The zero-order valence-electron chi connectivity index (χ0n) is 10.6. The van der Waals surface area contributed by atoms with E-state index in [1.165, 1.54) is 25.7 Å². The summed E-state index contributed by atoms with van der Waals surface area (Å²) in [4.78, 5) is 4.35. The number of hydrogen-bond donors (Lipinski definition) is 1. The molecule has 1 N–H and O–H groups in total. The van der Waals surface area contributed by atoms with Crippen molar-refractivity contribution in [3.8, 4) is 0 Å². The molecule has 1 aromatic heterocycles. The molecule has 1 heterocycles. The number of likely N-dealkylation sites (N-methyl/N-ethyl adjacent to an activating group) is 1. The van der Waals surface area contributed by atoms with Crippen LogP contribution in [0.15, 0.2) is 12.4 Å². The van der Waals surface area contributed by atoms with E-state index >= 15 is 0 Å². The first kappa shape index (κ1) is 11.6. The zero-order chi connectivity index (χ0) is 11.5. The van der Waals surface area contributed by atoms with Crippen molar-refractivity contribution in [1.82, 2.24) is 14.9 Å². The highest BCUT2D eigenvalue weighted by Gasteiger charge is 2.30. The van der Waals surface area contributed by atoms with E-state index in [1.807, 2.05) is 6.20 Å². The predicted molar refractivity (Wildman–Crippen MR) is 66.5 cm³/mol. The van der Waals surface area contributed by atoms with Crippen molar-refractivity contribution in [3.05, 3.63) is 18.2 Å². The highest BCUT2D eigenvalue weighted by molar-refractivity contribution is 4.98. The van der Waals surface area contributed by atoms with Crippen LogP contribution in [-0.2, 0) is 0 Å². The van der Waals surface area contributed by atoms with Crippen LogP contribution >= 0.6 is 0 Å². The lowest BCUT2D eigenvalue weighted by molar-refractivity contribution is 0.206. The third-order valence-electron chi connectivity index (χ3n) is 4.09. The van der Waals surface area contributed by atoms with Gasteiger partial charge in [0, 0.05) is 18.4 Å². The van der Waals surface area contributed by atoms with Gasteiger partial charge in [-0.2, -0.15) is 0 Å². The molecule has 0 saturated heterocycles. The molecule has 0 amide bonds. The maximum absolute atomic E-state index is 4.35. The number of nitrogens with zero attached hydrogens (tertiary/aromatic N) is 2. The van der Waals surface area contributed by atoms with Crippen LogP contribution in [0.1, 0.15) is 44.5 Å².